The van der Waals surface area contributed by atoms with Crippen LogP contribution in [-0.2, 0) is 24.3 Å². The molecular formula is C19H27N5O3S. The van der Waals surface area contributed by atoms with E-state index in [4.69, 9.17) is 9.72 Å². The van der Waals surface area contributed by atoms with Gasteiger partial charge in [0.1, 0.15) is 11.2 Å². The van der Waals surface area contributed by atoms with Crippen LogP contribution < -0.4 is 0 Å². The lowest BCUT2D eigenvalue weighted by atomic mass is 9.94. The Hall–Kier alpha value is -1.65. The van der Waals surface area contributed by atoms with Gasteiger partial charge in [0, 0.05) is 24.4 Å². The standard InChI is InChI=1S/C19H27N5O3S/c1-11(25)6-23(7-12(2)26)8-15-21-17-16-13-5-19(3,4)27-9-14(13)28-18(16)20-10-24(17)22-15/h10-12,25-26H,5-9H2,1-4H3/t11-,12-/m1/s1. The fourth-order valence-electron chi connectivity index (χ4n) is 3.80. The Morgan fingerprint density at radius 2 is 2.00 bits per heavy atom. The maximum Gasteiger partial charge on any atom is 0.168 e. The normalized spacial score (nSPS) is 18.7. The van der Waals surface area contributed by atoms with Crippen molar-refractivity contribution in [3.63, 3.8) is 0 Å². The lowest BCUT2D eigenvalue weighted by Gasteiger charge is -2.30. The van der Waals surface area contributed by atoms with Crippen LogP contribution in [0.5, 0.6) is 0 Å². The van der Waals surface area contributed by atoms with Crippen molar-refractivity contribution in [3.8, 4) is 0 Å². The van der Waals surface area contributed by atoms with Crippen molar-refractivity contribution >= 4 is 27.2 Å². The highest BCUT2D eigenvalue weighted by Gasteiger charge is 2.30. The molecule has 0 aliphatic carbocycles. The zero-order valence-corrected chi connectivity index (χ0v) is 17.5. The molecule has 9 heteroatoms. The number of fused-ring (bicyclic) bond motifs is 5. The lowest BCUT2D eigenvalue weighted by molar-refractivity contribution is -0.0379. The summed E-state index contributed by atoms with van der Waals surface area (Å²) in [6.07, 6.45) is 1.54. The number of aromatic nitrogens is 4. The Morgan fingerprint density at radius 3 is 2.68 bits per heavy atom. The number of nitrogens with zero attached hydrogens (tertiary/aromatic N) is 5. The van der Waals surface area contributed by atoms with Crippen LogP contribution in [0.15, 0.2) is 6.33 Å². The van der Waals surface area contributed by atoms with Gasteiger partial charge in [-0.1, -0.05) is 0 Å². The molecule has 2 atom stereocenters. The number of aliphatic hydroxyl groups is 2. The number of hydrogen-bond donors (Lipinski definition) is 2. The van der Waals surface area contributed by atoms with Crippen molar-refractivity contribution in [2.24, 2.45) is 0 Å². The Kier molecular flexibility index (Phi) is 5.13. The van der Waals surface area contributed by atoms with Crippen LogP contribution in [0.3, 0.4) is 0 Å². The van der Waals surface area contributed by atoms with Gasteiger partial charge in [0.15, 0.2) is 11.5 Å². The lowest BCUT2D eigenvalue weighted by Crippen LogP contribution is -2.36. The third-order valence-corrected chi connectivity index (χ3v) is 5.98. The fraction of sp³-hybridized carbons (Fsp3) is 0.632. The van der Waals surface area contributed by atoms with Gasteiger partial charge in [-0.15, -0.1) is 16.4 Å². The van der Waals surface area contributed by atoms with Crippen molar-refractivity contribution < 1.29 is 14.9 Å². The summed E-state index contributed by atoms with van der Waals surface area (Å²) in [5.74, 6) is 0.655. The van der Waals surface area contributed by atoms with Crippen LogP contribution in [0.1, 0.15) is 44.0 Å². The highest BCUT2D eigenvalue weighted by Crippen LogP contribution is 2.39. The number of rotatable bonds is 6. The Morgan fingerprint density at radius 1 is 1.29 bits per heavy atom. The minimum atomic E-state index is -0.490. The molecule has 0 spiro atoms. The second-order valence-electron chi connectivity index (χ2n) is 8.34. The van der Waals surface area contributed by atoms with E-state index in [9.17, 15) is 10.2 Å². The van der Waals surface area contributed by atoms with Gasteiger partial charge in [0.05, 0.1) is 36.3 Å². The summed E-state index contributed by atoms with van der Waals surface area (Å²) in [4.78, 5) is 13.5. The SMILES string of the molecule is C[C@@H](O)CN(Cc1nc2c3c4c(sc3ncn2n1)COC(C)(C)C4)C[C@@H](C)O. The van der Waals surface area contributed by atoms with Crippen molar-refractivity contribution in [3.05, 3.63) is 22.6 Å². The average molecular weight is 406 g/mol. The van der Waals surface area contributed by atoms with Crippen molar-refractivity contribution in [2.45, 2.75) is 65.1 Å². The summed E-state index contributed by atoms with van der Waals surface area (Å²) in [7, 11) is 0. The molecule has 0 saturated carbocycles. The van der Waals surface area contributed by atoms with Gasteiger partial charge in [-0.2, -0.15) is 0 Å². The van der Waals surface area contributed by atoms with E-state index in [0.29, 0.717) is 32.1 Å². The van der Waals surface area contributed by atoms with Crippen LogP contribution >= 0.6 is 11.3 Å². The summed E-state index contributed by atoms with van der Waals surface area (Å²) in [6.45, 7) is 9.65. The topological polar surface area (TPSA) is 96.0 Å². The van der Waals surface area contributed by atoms with Crippen molar-refractivity contribution in [1.82, 2.24) is 24.5 Å². The molecule has 0 radical (unpaired) electrons. The first kappa shape index (κ1) is 19.7. The molecule has 0 bridgehead atoms. The van der Waals surface area contributed by atoms with E-state index in [1.54, 1.807) is 36.0 Å². The first-order chi connectivity index (χ1) is 13.2. The maximum atomic E-state index is 9.76. The Labute approximate surface area is 167 Å². The summed E-state index contributed by atoms with van der Waals surface area (Å²) in [5, 5.41) is 25.2. The predicted molar refractivity (Wildman–Crippen MR) is 107 cm³/mol. The van der Waals surface area contributed by atoms with E-state index >= 15 is 0 Å². The van der Waals surface area contributed by atoms with Crippen molar-refractivity contribution in [2.75, 3.05) is 13.1 Å². The third kappa shape index (κ3) is 3.90. The van der Waals surface area contributed by atoms with Crippen LogP contribution in [0.2, 0.25) is 0 Å². The quantitative estimate of drug-likeness (QED) is 0.645. The zero-order valence-electron chi connectivity index (χ0n) is 16.7. The number of hydrogen-bond acceptors (Lipinski definition) is 8. The molecule has 2 N–H and O–H groups in total. The molecule has 0 saturated heterocycles. The molecule has 4 rings (SSSR count). The second-order valence-corrected chi connectivity index (χ2v) is 9.43. The summed E-state index contributed by atoms with van der Waals surface area (Å²) < 4.78 is 7.68. The van der Waals surface area contributed by atoms with Crippen molar-refractivity contribution in [1.29, 1.82) is 0 Å². The van der Waals surface area contributed by atoms with E-state index < -0.39 is 12.2 Å². The van der Waals surface area contributed by atoms with E-state index in [2.05, 4.69) is 23.9 Å². The summed E-state index contributed by atoms with van der Waals surface area (Å²) in [6, 6.07) is 0. The summed E-state index contributed by atoms with van der Waals surface area (Å²) >= 11 is 1.66. The van der Waals surface area contributed by atoms with Gasteiger partial charge in [-0.25, -0.2) is 14.5 Å². The number of thiophene rings is 1. The molecule has 0 unspecified atom stereocenters. The van der Waals surface area contributed by atoms with E-state index in [1.165, 1.54) is 10.4 Å². The van der Waals surface area contributed by atoms with Crippen LogP contribution in [0, 0.1) is 0 Å². The Balaban J connectivity index is 1.72. The predicted octanol–water partition coefficient (Wildman–Crippen LogP) is 1.75. The highest BCUT2D eigenvalue weighted by atomic mass is 32.1. The van der Waals surface area contributed by atoms with Gasteiger partial charge in [-0.05, 0) is 33.3 Å². The second kappa shape index (κ2) is 7.31. The highest BCUT2D eigenvalue weighted by molar-refractivity contribution is 7.19. The smallest absolute Gasteiger partial charge is 0.168 e. The van der Waals surface area contributed by atoms with Gasteiger partial charge in [0.25, 0.3) is 0 Å². The van der Waals surface area contributed by atoms with Gasteiger partial charge >= 0.3 is 0 Å². The monoisotopic (exact) mass is 405 g/mol. The molecule has 1 aliphatic heterocycles. The van der Waals surface area contributed by atoms with Gasteiger partial charge in [0.2, 0.25) is 0 Å². The molecule has 0 aromatic carbocycles. The maximum absolute atomic E-state index is 9.76. The molecule has 4 heterocycles. The average Bonchev–Trinajstić information content (AvgIpc) is 3.12. The van der Waals surface area contributed by atoms with Gasteiger partial charge in [-0.3, -0.25) is 4.90 Å². The minimum Gasteiger partial charge on any atom is -0.392 e. The molecule has 28 heavy (non-hydrogen) atoms. The number of ether oxygens (including phenoxy) is 1. The largest absolute Gasteiger partial charge is 0.392 e. The first-order valence-electron chi connectivity index (χ1n) is 9.59. The molecule has 0 fully saturated rings. The van der Waals surface area contributed by atoms with Crippen LogP contribution in [0.25, 0.3) is 15.9 Å². The van der Waals surface area contributed by atoms with E-state index in [0.717, 1.165) is 22.3 Å². The minimum absolute atomic E-state index is 0.206. The van der Waals surface area contributed by atoms with Crippen LogP contribution in [-0.4, -0.2) is 65.6 Å². The van der Waals surface area contributed by atoms with Gasteiger partial charge < -0.3 is 14.9 Å². The molecule has 1 aliphatic rings. The molecule has 3 aromatic heterocycles. The molecular weight excluding hydrogens is 378 g/mol. The Bertz CT molecular complexity index is 984. The number of aliphatic hydroxyl groups excluding tert-OH is 2. The van der Waals surface area contributed by atoms with E-state index in [1.807, 2.05) is 4.90 Å². The fourth-order valence-corrected chi connectivity index (χ4v) is 4.87. The molecule has 0 amide bonds. The molecule has 8 nitrogen and oxygen atoms in total. The summed E-state index contributed by atoms with van der Waals surface area (Å²) in [5.41, 5.74) is 1.87. The van der Waals surface area contributed by atoms with E-state index in [-0.39, 0.29) is 5.60 Å². The molecule has 152 valence electrons. The zero-order chi connectivity index (χ0) is 20.1. The van der Waals surface area contributed by atoms with Crippen LogP contribution in [0.4, 0.5) is 0 Å². The molecule has 3 aromatic rings. The third-order valence-electron chi connectivity index (χ3n) is 4.86. The first-order valence-corrected chi connectivity index (χ1v) is 10.4.